The molecule has 0 bridgehead atoms. The number of aromatic nitrogens is 2. The Morgan fingerprint density at radius 1 is 0.900 bits per heavy atom. The molecule has 8 heteroatoms. The number of alkyl halides is 3. The predicted molar refractivity (Wildman–Crippen MR) is 111 cm³/mol. The minimum atomic E-state index is -4.48. The molecular weight excluding hydrogens is 393 g/mol. The Morgan fingerprint density at radius 2 is 1.47 bits per heavy atom. The number of phenolic OH excluding ortho intramolecular Hbond substituents is 1. The van der Waals surface area contributed by atoms with Crippen molar-refractivity contribution in [2.24, 2.45) is 0 Å². The van der Waals surface area contributed by atoms with Crippen molar-refractivity contribution in [1.29, 1.82) is 0 Å². The quantitative estimate of drug-likeness (QED) is 0.755. The predicted octanol–water partition coefficient (Wildman–Crippen LogP) is 3.92. The molecule has 164 valence electrons. The minimum Gasteiger partial charge on any atom is -0.507 e. The lowest BCUT2D eigenvalue weighted by molar-refractivity contribution is -0.137. The average molecular weight is 422 g/mol. The lowest BCUT2D eigenvalue weighted by Gasteiger charge is -2.28. The molecule has 0 unspecified atom stereocenters. The highest BCUT2D eigenvalue weighted by Gasteiger charge is 2.31. The van der Waals surface area contributed by atoms with E-state index in [9.17, 15) is 18.3 Å². The first kappa shape index (κ1) is 22.5. The van der Waals surface area contributed by atoms with Crippen LogP contribution < -0.4 is 0 Å². The number of rotatable bonds is 1. The van der Waals surface area contributed by atoms with E-state index in [-0.39, 0.29) is 0 Å². The van der Waals surface area contributed by atoms with E-state index in [0.29, 0.717) is 11.3 Å². The molecule has 0 spiro atoms. The van der Waals surface area contributed by atoms with Crippen molar-refractivity contribution in [3.8, 4) is 17.0 Å². The molecule has 30 heavy (non-hydrogen) atoms. The fraction of sp³-hybridized carbons (Fsp3) is 0.545. The molecule has 5 nitrogen and oxygen atoms in total. The number of fused-ring (bicyclic) bond motifs is 1. The summed E-state index contributed by atoms with van der Waals surface area (Å²) in [6.07, 6.45) is -0.703. The first-order valence-corrected chi connectivity index (χ1v) is 10.3. The van der Waals surface area contributed by atoms with Crippen LogP contribution in [0, 0.1) is 6.92 Å². The monoisotopic (exact) mass is 422 g/mol. The Bertz CT molecular complexity index is 867. The Morgan fingerprint density at radius 3 is 2.00 bits per heavy atom. The number of halogens is 3. The molecule has 0 amide bonds. The van der Waals surface area contributed by atoms with Crippen molar-refractivity contribution in [3.05, 3.63) is 40.6 Å². The van der Waals surface area contributed by atoms with E-state index in [1.165, 1.54) is 32.2 Å². The van der Waals surface area contributed by atoms with Crippen molar-refractivity contribution >= 4 is 0 Å². The van der Waals surface area contributed by atoms with Crippen molar-refractivity contribution in [1.82, 2.24) is 20.0 Å². The van der Waals surface area contributed by atoms with Gasteiger partial charge in [-0.1, -0.05) is 0 Å². The van der Waals surface area contributed by atoms with E-state index in [2.05, 4.69) is 34.1 Å². The molecule has 0 atom stereocenters. The van der Waals surface area contributed by atoms with E-state index < -0.39 is 17.5 Å². The number of likely N-dealkylation sites (N-methyl/N-ethyl adjacent to an activating group) is 2. The van der Waals surface area contributed by atoms with Gasteiger partial charge in [-0.2, -0.15) is 18.3 Å². The highest BCUT2D eigenvalue weighted by molar-refractivity contribution is 5.71. The minimum absolute atomic E-state index is 0.304. The molecular formula is C22H29F3N4O. The van der Waals surface area contributed by atoms with Crippen LogP contribution in [0.3, 0.4) is 0 Å². The van der Waals surface area contributed by atoms with Crippen LogP contribution in [-0.2, 0) is 19.0 Å². The Kier molecular flexibility index (Phi) is 6.98. The summed E-state index contributed by atoms with van der Waals surface area (Å²) < 4.78 is 38.1. The molecule has 1 aromatic heterocycles. The molecule has 2 aliphatic rings. The lowest BCUT2D eigenvalue weighted by atomic mass is 9.88. The summed E-state index contributed by atoms with van der Waals surface area (Å²) in [4.78, 5) is 4.72. The summed E-state index contributed by atoms with van der Waals surface area (Å²) >= 11 is 0. The van der Waals surface area contributed by atoms with Crippen LogP contribution in [0.5, 0.6) is 5.75 Å². The zero-order valence-corrected chi connectivity index (χ0v) is 17.8. The van der Waals surface area contributed by atoms with Crippen molar-refractivity contribution in [2.75, 3.05) is 40.3 Å². The van der Waals surface area contributed by atoms with Crippen LogP contribution in [-0.4, -0.2) is 65.4 Å². The molecule has 1 aliphatic carbocycles. The first-order valence-electron chi connectivity index (χ1n) is 10.3. The topological polar surface area (TPSA) is 52.5 Å². The summed E-state index contributed by atoms with van der Waals surface area (Å²) in [7, 11) is 4.35. The van der Waals surface area contributed by atoms with Gasteiger partial charge in [-0.3, -0.25) is 0 Å². The number of aromatic hydroxyl groups is 1. The molecule has 1 aliphatic heterocycles. The second-order valence-corrected chi connectivity index (χ2v) is 8.13. The molecule has 1 fully saturated rings. The molecule has 1 N–H and O–H groups in total. The van der Waals surface area contributed by atoms with E-state index in [1.54, 1.807) is 0 Å². The maximum absolute atomic E-state index is 12.7. The van der Waals surface area contributed by atoms with E-state index in [4.69, 9.17) is 0 Å². The third-order valence-corrected chi connectivity index (χ3v) is 5.80. The van der Waals surface area contributed by atoms with Gasteiger partial charge in [0.15, 0.2) is 0 Å². The number of hydrogen-bond acceptors (Lipinski definition) is 5. The van der Waals surface area contributed by atoms with Crippen molar-refractivity contribution < 1.29 is 18.3 Å². The van der Waals surface area contributed by atoms with E-state index in [1.807, 2.05) is 6.92 Å². The first-order chi connectivity index (χ1) is 14.2. The van der Waals surface area contributed by atoms with Crippen LogP contribution in [0.1, 0.15) is 35.2 Å². The second-order valence-electron chi connectivity index (χ2n) is 8.13. The number of nitrogens with zero attached hydrogens (tertiary/aromatic N) is 4. The molecule has 1 saturated heterocycles. The SMILES string of the molecule is CN1CCN(C)CC1.Cc1nnc(-c2ccc(C(F)(F)F)cc2O)c2c1CCCC2. The van der Waals surface area contributed by atoms with Crippen LogP contribution >= 0.6 is 0 Å². The van der Waals surface area contributed by atoms with E-state index in [0.717, 1.165) is 54.6 Å². The molecule has 1 aromatic carbocycles. The van der Waals surface area contributed by atoms with Crippen LogP contribution in [0.2, 0.25) is 0 Å². The fourth-order valence-electron chi connectivity index (χ4n) is 3.84. The summed E-state index contributed by atoms with van der Waals surface area (Å²) in [5.41, 5.74) is 2.88. The number of phenols is 1. The molecule has 0 radical (unpaired) electrons. The Balaban J connectivity index is 0.000000269. The van der Waals surface area contributed by atoms with Gasteiger partial charge in [0.25, 0.3) is 0 Å². The maximum Gasteiger partial charge on any atom is 0.416 e. The number of piperazine rings is 1. The maximum atomic E-state index is 12.7. The number of aryl methyl sites for hydroxylation is 1. The van der Waals surface area contributed by atoms with Gasteiger partial charge in [0.05, 0.1) is 11.3 Å². The van der Waals surface area contributed by atoms with Crippen LogP contribution in [0.25, 0.3) is 11.3 Å². The third-order valence-electron chi connectivity index (χ3n) is 5.80. The normalized spacial score (nSPS) is 17.8. The van der Waals surface area contributed by atoms with Gasteiger partial charge in [-0.05, 0) is 76.0 Å². The van der Waals surface area contributed by atoms with Gasteiger partial charge in [-0.15, -0.1) is 5.10 Å². The van der Waals surface area contributed by atoms with Crippen molar-refractivity contribution in [3.63, 3.8) is 0 Å². The van der Waals surface area contributed by atoms with E-state index >= 15 is 0 Å². The standard InChI is InChI=1S/C16H15F3N2O.C6H14N2/c1-9-11-4-2-3-5-12(11)15(21-20-9)13-7-6-10(8-14(13)22)16(17,18)19;1-7-3-5-8(2)6-4-7/h6-8,22H,2-5H2,1H3;3-6H2,1-2H3. The van der Waals surface area contributed by atoms with Gasteiger partial charge in [0.2, 0.25) is 0 Å². The molecule has 2 aromatic rings. The highest BCUT2D eigenvalue weighted by Crippen LogP contribution is 2.38. The van der Waals surface area contributed by atoms with Gasteiger partial charge >= 0.3 is 6.18 Å². The molecule has 2 heterocycles. The summed E-state index contributed by atoms with van der Waals surface area (Å²) in [5.74, 6) is -0.416. The highest BCUT2D eigenvalue weighted by atomic mass is 19.4. The smallest absolute Gasteiger partial charge is 0.416 e. The third kappa shape index (κ3) is 5.29. The fourth-order valence-corrected chi connectivity index (χ4v) is 3.84. The summed E-state index contributed by atoms with van der Waals surface area (Å²) in [6, 6.07) is 2.98. The largest absolute Gasteiger partial charge is 0.507 e. The van der Waals surface area contributed by atoms with Crippen LogP contribution in [0.4, 0.5) is 13.2 Å². The van der Waals surface area contributed by atoms with Gasteiger partial charge in [0, 0.05) is 31.7 Å². The Hall–Kier alpha value is -2.19. The second kappa shape index (κ2) is 9.31. The molecule has 0 saturated carbocycles. The number of benzene rings is 1. The zero-order valence-electron chi connectivity index (χ0n) is 17.8. The summed E-state index contributed by atoms with van der Waals surface area (Å²) in [5, 5.41) is 18.2. The number of hydrogen-bond donors (Lipinski definition) is 1. The lowest BCUT2D eigenvalue weighted by Crippen LogP contribution is -2.42. The van der Waals surface area contributed by atoms with Crippen LogP contribution in [0.15, 0.2) is 18.2 Å². The molecule has 4 rings (SSSR count). The van der Waals surface area contributed by atoms with Gasteiger partial charge in [-0.25, -0.2) is 0 Å². The van der Waals surface area contributed by atoms with Gasteiger partial charge < -0.3 is 14.9 Å². The Labute approximate surface area is 175 Å². The average Bonchev–Trinajstić information content (AvgIpc) is 2.71. The summed E-state index contributed by atoms with van der Waals surface area (Å²) in [6.45, 7) is 6.81. The van der Waals surface area contributed by atoms with Crippen molar-refractivity contribution in [2.45, 2.75) is 38.8 Å². The zero-order chi connectivity index (χ0) is 21.9. The van der Waals surface area contributed by atoms with Gasteiger partial charge in [0.1, 0.15) is 11.4 Å².